The Morgan fingerprint density at radius 2 is 1.58 bits per heavy atom. The van der Waals surface area contributed by atoms with Gasteiger partial charge in [-0.1, -0.05) is 61.1 Å². The van der Waals surface area contributed by atoms with E-state index in [-0.39, 0.29) is 4.83 Å². The highest BCUT2D eigenvalue weighted by Gasteiger charge is 2.16. The normalized spacial score (nSPS) is 12.5. The molecule has 0 spiro atoms. The fourth-order valence-electron chi connectivity index (χ4n) is 1.90. The van der Waals surface area contributed by atoms with Crippen LogP contribution in [0.5, 0.6) is 0 Å². The van der Waals surface area contributed by atoms with Crippen LogP contribution in [0.2, 0.25) is 10.0 Å². The van der Waals surface area contributed by atoms with Gasteiger partial charge in [-0.15, -0.1) is 0 Å². The average molecular weight is 423 g/mol. The number of hydrogen-bond acceptors (Lipinski definition) is 0. The van der Waals surface area contributed by atoms with Gasteiger partial charge in [0.05, 0.1) is 4.83 Å². The maximum atomic E-state index is 6.35. The lowest BCUT2D eigenvalue weighted by atomic mass is 10.0. The number of benzene rings is 2. The summed E-state index contributed by atoms with van der Waals surface area (Å²) in [5.74, 6) is 0. The van der Waals surface area contributed by atoms with E-state index in [1.807, 2.05) is 24.3 Å². The van der Waals surface area contributed by atoms with E-state index in [1.54, 1.807) is 0 Å². The van der Waals surface area contributed by atoms with Crippen LogP contribution in [0.25, 0.3) is 0 Å². The van der Waals surface area contributed by atoms with Crippen molar-refractivity contribution in [2.75, 3.05) is 0 Å². The van der Waals surface area contributed by atoms with Gasteiger partial charge in [0.15, 0.2) is 0 Å². The Labute approximate surface area is 140 Å². The van der Waals surface area contributed by atoms with Gasteiger partial charge in [-0.25, -0.2) is 0 Å². The molecule has 0 aliphatic rings. The van der Waals surface area contributed by atoms with Gasteiger partial charge < -0.3 is 0 Å². The number of aryl methyl sites for hydroxylation is 2. The Kier molecular flexibility index (Phi) is 4.99. The molecule has 2 rings (SSSR count). The maximum Gasteiger partial charge on any atom is 0.0660 e. The van der Waals surface area contributed by atoms with Crippen LogP contribution in [0, 0.1) is 13.8 Å². The minimum atomic E-state index is 0.0225. The zero-order chi connectivity index (χ0) is 14.2. The molecule has 0 aliphatic heterocycles. The van der Waals surface area contributed by atoms with Crippen molar-refractivity contribution in [3.8, 4) is 0 Å². The summed E-state index contributed by atoms with van der Waals surface area (Å²) in [7, 11) is 0. The number of rotatable bonds is 2. The Morgan fingerprint density at radius 1 is 0.947 bits per heavy atom. The van der Waals surface area contributed by atoms with Crippen molar-refractivity contribution in [2.24, 2.45) is 0 Å². The van der Waals surface area contributed by atoms with Crippen LogP contribution in [-0.4, -0.2) is 0 Å². The summed E-state index contributed by atoms with van der Waals surface area (Å²) in [5.41, 5.74) is 4.55. The van der Waals surface area contributed by atoms with Crippen LogP contribution >= 0.6 is 55.1 Å². The molecule has 0 nitrogen and oxygen atoms in total. The fourth-order valence-corrected chi connectivity index (χ4v) is 3.89. The molecule has 0 radical (unpaired) electrons. The van der Waals surface area contributed by atoms with E-state index >= 15 is 0 Å². The lowest BCUT2D eigenvalue weighted by molar-refractivity contribution is 1.15. The Bertz CT molecular complexity index is 604. The largest absolute Gasteiger partial charge is 0.0843 e. The molecule has 4 heteroatoms. The predicted molar refractivity (Wildman–Crippen MR) is 90.8 cm³/mol. The third-order valence-corrected chi connectivity index (χ3v) is 5.09. The molecule has 0 fully saturated rings. The third-order valence-electron chi connectivity index (χ3n) is 3.06. The molecule has 0 N–H and O–H groups in total. The lowest BCUT2D eigenvalue weighted by Gasteiger charge is -2.15. The molecular weight excluding hydrogens is 411 g/mol. The van der Waals surface area contributed by atoms with Crippen LogP contribution in [0.1, 0.15) is 27.1 Å². The minimum Gasteiger partial charge on any atom is -0.0843 e. The molecule has 1 atom stereocenters. The molecule has 0 aliphatic carbocycles. The monoisotopic (exact) mass is 420 g/mol. The van der Waals surface area contributed by atoms with Crippen molar-refractivity contribution in [2.45, 2.75) is 18.7 Å². The quantitative estimate of drug-likeness (QED) is 0.464. The standard InChI is InChI=1S/C15H12Br2Cl2/c1-8-3-13(14(19)4-9(8)2)15(17)10-5-11(16)7-12(18)6-10/h3-7,15H,1-2H3. The van der Waals surface area contributed by atoms with E-state index in [0.29, 0.717) is 5.02 Å². The van der Waals surface area contributed by atoms with E-state index in [0.717, 1.165) is 20.6 Å². The molecule has 0 heterocycles. The van der Waals surface area contributed by atoms with Crippen molar-refractivity contribution in [1.82, 2.24) is 0 Å². The molecule has 100 valence electrons. The highest BCUT2D eigenvalue weighted by molar-refractivity contribution is 9.10. The van der Waals surface area contributed by atoms with Crippen LogP contribution in [0.15, 0.2) is 34.8 Å². The summed E-state index contributed by atoms with van der Waals surface area (Å²) >= 11 is 19.6. The van der Waals surface area contributed by atoms with E-state index in [1.165, 1.54) is 11.1 Å². The van der Waals surface area contributed by atoms with Crippen molar-refractivity contribution >= 4 is 55.1 Å². The van der Waals surface area contributed by atoms with E-state index < -0.39 is 0 Å². The molecule has 1 unspecified atom stereocenters. The Hall–Kier alpha value is -0.0200. The molecule has 0 bridgehead atoms. The third kappa shape index (κ3) is 3.55. The van der Waals surface area contributed by atoms with Crippen molar-refractivity contribution in [3.63, 3.8) is 0 Å². The summed E-state index contributed by atoms with van der Waals surface area (Å²) in [4.78, 5) is 0.0225. The zero-order valence-electron chi connectivity index (χ0n) is 10.5. The van der Waals surface area contributed by atoms with E-state index in [9.17, 15) is 0 Å². The molecule has 2 aromatic carbocycles. The Morgan fingerprint density at radius 3 is 2.21 bits per heavy atom. The van der Waals surface area contributed by atoms with Gasteiger partial charge in [-0.2, -0.15) is 0 Å². The van der Waals surface area contributed by atoms with Crippen LogP contribution < -0.4 is 0 Å². The average Bonchev–Trinajstić information content (AvgIpc) is 2.31. The van der Waals surface area contributed by atoms with Gasteiger partial charge in [-0.05, 0) is 60.4 Å². The Balaban J connectivity index is 2.49. The van der Waals surface area contributed by atoms with E-state index in [2.05, 4.69) is 51.8 Å². The van der Waals surface area contributed by atoms with Gasteiger partial charge in [0.2, 0.25) is 0 Å². The van der Waals surface area contributed by atoms with Crippen molar-refractivity contribution in [1.29, 1.82) is 0 Å². The second-order valence-corrected chi connectivity index (χ2v) is 7.20. The highest BCUT2D eigenvalue weighted by atomic mass is 79.9. The first-order valence-electron chi connectivity index (χ1n) is 5.75. The summed E-state index contributed by atoms with van der Waals surface area (Å²) in [6, 6.07) is 9.97. The van der Waals surface area contributed by atoms with Crippen molar-refractivity contribution < 1.29 is 0 Å². The summed E-state index contributed by atoms with van der Waals surface area (Å²) in [6.07, 6.45) is 0. The zero-order valence-corrected chi connectivity index (χ0v) is 15.2. The first-order valence-corrected chi connectivity index (χ1v) is 8.21. The van der Waals surface area contributed by atoms with Crippen molar-refractivity contribution in [3.05, 3.63) is 67.1 Å². The van der Waals surface area contributed by atoms with Gasteiger partial charge in [0, 0.05) is 14.5 Å². The minimum absolute atomic E-state index is 0.0225. The maximum absolute atomic E-state index is 6.35. The predicted octanol–water partition coefficient (Wildman–Crippen LogP) is 6.86. The molecule has 19 heavy (non-hydrogen) atoms. The topological polar surface area (TPSA) is 0 Å². The highest BCUT2D eigenvalue weighted by Crippen LogP contribution is 2.38. The molecular formula is C15H12Br2Cl2. The van der Waals surface area contributed by atoms with Crippen LogP contribution in [0.4, 0.5) is 0 Å². The second kappa shape index (κ2) is 6.17. The second-order valence-electron chi connectivity index (χ2n) is 4.52. The van der Waals surface area contributed by atoms with Gasteiger partial charge in [0.1, 0.15) is 0 Å². The van der Waals surface area contributed by atoms with Gasteiger partial charge in [0.25, 0.3) is 0 Å². The molecule has 0 saturated heterocycles. The number of halogens is 4. The smallest absolute Gasteiger partial charge is 0.0660 e. The lowest BCUT2D eigenvalue weighted by Crippen LogP contribution is -1.96. The summed E-state index contributed by atoms with van der Waals surface area (Å²) in [5, 5.41) is 1.47. The first-order chi connectivity index (χ1) is 8.88. The molecule has 0 saturated carbocycles. The molecule has 0 aromatic heterocycles. The molecule has 0 amide bonds. The van der Waals surface area contributed by atoms with E-state index in [4.69, 9.17) is 23.2 Å². The summed E-state index contributed by atoms with van der Waals surface area (Å²) in [6.45, 7) is 4.15. The van der Waals surface area contributed by atoms with Crippen LogP contribution in [0.3, 0.4) is 0 Å². The SMILES string of the molecule is Cc1cc(Cl)c(C(Br)c2cc(Cl)cc(Br)c2)cc1C. The van der Waals surface area contributed by atoms with Gasteiger partial charge in [-0.3, -0.25) is 0 Å². The number of alkyl halides is 1. The van der Waals surface area contributed by atoms with Gasteiger partial charge >= 0.3 is 0 Å². The van der Waals surface area contributed by atoms with Crippen LogP contribution in [-0.2, 0) is 0 Å². The first kappa shape index (κ1) is 15.4. The fraction of sp³-hybridized carbons (Fsp3) is 0.200. The molecule has 2 aromatic rings. The number of hydrogen-bond donors (Lipinski definition) is 0. The summed E-state index contributed by atoms with van der Waals surface area (Å²) < 4.78 is 0.958.